The minimum Gasteiger partial charge on any atom is -0.493 e. The molecule has 0 fully saturated rings. The van der Waals surface area contributed by atoms with Gasteiger partial charge in [-0.25, -0.2) is 4.79 Å². The lowest BCUT2D eigenvalue weighted by Crippen LogP contribution is -2.62. The minimum atomic E-state index is -1.39. The van der Waals surface area contributed by atoms with Crippen LogP contribution < -0.4 is 4.74 Å². The van der Waals surface area contributed by atoms with Gasteiger partial charge in [-0.3, -0.25) is 4.79 Å². The second-order valence-corrected chi connectivity index (χ2v) is 5.76. The first-order chi connectivity index (χ1) is 9.83. The number of aliphatic carboxylic acids is 1. The van der Waals surface area contributed by atoms with Crippen molar-refractivity contribution in [1.82, 2.24) is 4.90 Å². The number of amides is 1. The summed E-state index contributed by atoms with van der Waals surface area (Å²) in [5, 5.41) is 10.0. The lowest BCUT2D eigenvalue weighted by Gasteiger charge is -2.49. The van der Waals surface area contributed by atoms with Crippen LogP contribution in [0.25, 0.3) is 0 Å². The number of rotatable bonds is 3. The van der Waals surface area contributed by atoms with Gasteiger partial charge >= 0.3 is 5.97 Å². The van der Waals surface area contributed by atoms with Gasteiger partial charge < -0.3 is 14.7 Å². The summed E-state index contributed by atoms with van der Waals surface area (Å²) in [4.78, 5) is 25.9. The highest BCUT2D eigenvalue weighted by Gasteiger charge is 2.56. The van der Waals surface area contributed by atoms with E-state index in [4.69, 9.17) is 4.74 Å². The van der Waals surface area contributed by atoms with Crippen LogP contribution in [0.3, 0.4) is 0 Å². The number of hydrogen-bond acceptors (Lipinski definition) is 3. The van der Waals surface area contributed by atoms with Crippen molar-refractivity contribution in [3.05, 3.63) is 29.8 Å². The molecule has 114 valence electrons. The van der Waals surface area contributed by atoms with Crippen LogP contribution in [-0.2, 0) is 15.1 Å². The van der Waals surface area contributed by atoms with E-state index < -0.39 is 11.5 Å². The summed E-state index contributed by atoms with van der Waals surface area (Å²) in [6.07, 6.45) is 0. The highest BCUT2D eigenvalue weighted by molar-refractivity contribution is 5.89. The van der Waals surface area contributed by atoms with E-state index in [2.05, 4.69) is 0 Å². The largest absolute Gasteiger partial charge is 0.493 e. The zero-order valence-electron chi connectivity index (χ0n) is 12.8. The Labute approximate surface area is 124 Å². The van der Waals surface area contributed by atoms with Gasteiger partial charge in [-0.15, -0.1) is 0 Å². The first-order valence-corrected chi connectivity index (χ1v) is 7.09. The fourth-order valence-corrected chi connectivity index (χ4v) is 3.32. The second-order valence-electron chi connectivity index (χ2n) is 5.76. The predicted molar refractivity (Wildman–Crippen MR) is 78.1 cm³/mol. The zero-order valence-corrected chi connectivity index (χ0v) is 12.8. The quantitative estimate of drug-likeness (QED) is 0.927. The maximum Gasteiger partial charge on any atom is 0.334 e. The molecular weight excluding hydrogens is 270 g/mol. The fraction of sp³-hybridized carbons (Fsp3) is 0.500. The van der Waals surface area contributed by atoms with Gasteiger partial charge in [0, 0.05) is 24.4 Å². The van der Waals surface area contributed by atoms with Gasteiger partial charge in [0.15, 0.2) is 5.54 Å². The van der Waals surface area contributed by atoms with E-state index in [1.54, 1.807) is 24.3 Å². The Hall–Kier alpha value is -2.04. The lowest BCUT2D eigenvalue weighted by molar-refractivity contribution is -0.169. The predicted octanol–water partition coefficient (Wildman–Crippen LogP) is 2.25. The van der Waals surface area contributed by atoms with E-state index >= 15 is 0 Å². The normalized spacial score (nSPS) is 24.1. The van der Waals surface area contributed by atoms with Crippen LogP contribution >= 0.6 is 0 Å². The number of hydrogen-bond donors (Lipinski definition) is 1. The molecule has 21 heavy (non-hydrogen) atoms. The standard InChI is InChI=1S/C16H21NO4/c1-10(2)17(12(4)18)16(15(19)20)11(3)9-21-14-8-6-5-7-13(14)16/h5-8,10-11H,9H2,1-4H3,(H,19,20). The molecule has 1 N–H and O–H groups in total. The van der Waals surface area contributed by atoms with Crippen molar-refractivity contribution in [2.45, 2.75) is 39.3 Å². The van der Waals surface area contributed by atoms with Crippen LogP contribution in [0.15, 0.2) is 24.3 Å². The smallest absolute Gasteiger partial charge is 0.334 e. The third-order valence-electron chi connectivity index (χ3n) is 4.06. The van der Waals surface area contributed by atoms with E-state index in [-0.39, 0.29) is 24.5 Å². The summed E-state index contributed by atoms with van der Waals surface area (Å²) in [5.74, 6) is -1.09. The second kappa shape index (κ2) is 5.39. The average molecular weight is 291 g/mol. The summed E-state index contributed by atoms with van der Waals surface area (Å²) in [7, 11) is 0. The van der Waals surface area contributed by atoms with E-state index in [1.807, 2.05) is 20.8 Å². The summed E-state index contributed by atoms with van der Waals surface area (Å²) in [6, 6.07) is 6.83. The van der Waals surface area contributed by atoms with Gasteiger partial charge in [-0.1, -0.05) is 25.1 Å². The van der Waals surface area contributed by atoms with E-state index in [9.17, 15) is 14.7 Å². The number of nitrogens with zero attached hydrogens (tertiary/aromatic N) is 1. The fourth-order valence-electron chi connectivity index (χ4n) is 3.32. The number of carbonyl (C=O) groups is 2. The number of benzene rings is 1. The zero-order chi connectivity index (χ0) is 15.8. The van der Waals surface area contributed by atoms with E-state index in [1.165, 1.54) is 11.8 Å². The first-order valence-electron chi connectivity index (χ1n) is 7.09. The van der Waals surface area contributed by atoms with Crippen molar-refractivity contribution in [2.24, 2.45) is 5.92 Å². The molecule has 2 atom stereocenters. The summed E-state index contributed by atoms with van der Waals surface area (Å²) >= 11 is 0. The molecule has 0 saturated carbocycles. The molecule has 1 aromatic rings. The van der Waals surface area contributed by atoms with Gasteiger partial charge in [0.05, 0.1) is 6.61 Å². The Kier molecular flexibility index (Phi) is 3.94. The highest BCUT2D eigenvalue weighted by Crippen LogP contribution is 2.45. The Morgan fingerprint density at radius 2 is 2.00 bits per heavy atom. The van der Waals surface area contributed by atoms with E-state index in [0.29, 0.717) is 11.3 Å². The molecule has 2 unspecified atom stereocenters. The molecule has 5 nitrogen and oxygen atoms in total. The number of carbonyl (C=O) groups excluding carboxylic acids is 1. The molecule has 0 bridgehead atoms. The Morgan fingerprint density at radius 1 is 1.38 bits per heavy atom. The first kappa shape index (κ1) is 15.4. The maximum absolute atomic E-state index is 12.3. The van der Waals surface area contributed by atoms with Gasteiger partial charge in [-0.05, 0) is 19.9 Å². The molecular formula is C16H21NO4. The third-order valence-corrected chi connectivity index (χ3v) is 4.06. The number of fused-ring (bicyclic) bond motifs is 1. The Bertz CT molecular complexity index is 569. The molecule has 0 radical (unpaired) electrons. The van der Waals surface area contributed by atoms with Crippen LogP contribution in [0.4, 0.5) is 0 Å². The van der Waals surface area contributed by atoms with Crippen molar-refractivity contribution >= 4 is 11.9 Å². The Morgan fingerprint density at radius 3 is 2.52 bits per heavy atom. The number of carboxylic acids is 1. The van der Waals surface area contributed by atoms with Crippen LogP contribution in [0, 0.1) is 5.92 Å². The van der Waals surface area contributed by atoms with Crippen molar-refractivity contribution < 1.29 is 19.4 Å². The molecule has 1 amide bonds. The molecule has 0 aliphatic carbocycles. The van der Waals surface area contributed by atoms with Gasteiger partial charge in [0.25, 0.3) is 0 Å². The molecule has 0 spiro atoms. The van der Waals surface area contributed by atoms with Crippen molar-refractivity contribution in [3.63, 3.8) is 0 Å². The number of para-hydroxylation sites is 1. The van der Waals surface area contributed by atoms with Crippen molar-refractivity contribution in [2.75, 3.05) is 6.61 Å². The average Bonchev–Trinajstić information content (AvgIpc) is 2.40. The minimum absolute atomic E-state index is 0.229. The molecule has 1 aliphatic heterocycles. The highest BCUT2D eigenvalue weighted by atomic mass is 16.5. The summed E-state index contributed by atoms with van der Waals surface area (Å²) in [5.41, 5.74) is -0.852. The van der Waals surface area contributed by atoms with Gasteiger partial charge in [0.2, 0.25) is 5.91 Å². The SMILES string of the molecule is CC(=O)N(C(C)C)C1(C(=O)O)c2ccccc2OCC1C. The van der Waals surface area contributed by atoms with Crippen molar-refractivity contribution in [1.29, 1.82) is 0 Å². The van der Waals surface area contributed by atoms with Crippen molar-refractivity contribution in [3.8, 4) is 5.75 Å². The van der Waals surface area contributed by atoms with Crippen LogP contribution in [0.2, 0.25) is 0 Å². The molecule has 1 aromatic carbocycles. The van der Waals surface area contributed by atoms with Crippen LogP contribution in [-0.4, -0.2) is 34.5 Å². The van der Waals surface area contributed by atoms with Crippen LogP contribution in [0.1, 0.15) is 33.3 Å². The maximum atomic E-state index is 12.3. The van der Waals surface area contributed by atoms with Crippen LogP contribution in [0.5, 0.6) is 5.75 Å². The number of carboxylic acid groups (broad SMARTS) is 1. The molecule has 0 aromatic heterocycles. The third kappa shape index (κ3) is 2.17. The molecule has 1 heterocycles. The summed E-state index contributed by atoms with van der Waals surface area (Å²) in [6.45, 7) is 7.14. The number of ether oxygens (including phenoxy) is 1. The Balaban J connectivity index is 2.77. The summed E-state index contributed by atoms with van der Waals surface area (Å²) < 4.78 is 5.65. The topological polar surface area (TPSA) is 66.8 Å². The molecule has 0 saturated heterocycles. The van der Waals surface area contributed by atoms with Gasteiger partial charge in [0.1, 0.15) is 5.75 Å². The monoisotopic (exact) mass is 291 g/mol. The molecule has 1 aliphatic rings. The molecule has 2 rings (SSSR count). The van der Waals surface area contributed by atoms with E-state index in [0.717, 1.165) is 0 Å². The molecule has 5 heteroatoms. The lowest BCUT2D eigenvalue weighted by atomic mass is 9.75. The van der Waals surface area contributed by atoms with Gasteiger partial charge in [-0.2, -0.15) is 0 Å².